The van der Waals surface area contributed by atoms with E-state index in [4.69, 9.17) is 45.5 Å². The van der Waals surface area contributed by atoms with Crippen molar-refractivity contribution < 1.29 is 14.5 Å². The number of aliphatic hydroxyl groups excluding tert-OH is 1. The molecule has 0 fully saturated rings. The fourth-order valence-electron chi connectivity index (χ4n) is 0.372. The van der Waals surface area contributed by atoms with Crippen LogP contribution in [0.25, 0.3) is 0 Å². The molecule has 0 aromatic carbocycles. The molecule has 0 rings (SSSR count). The van der Waals surface area contributed by atoms with Crippen molar-refractivity contribution in [2.45, 2.75) is 0 Å². The van der Waals surface area contributed by atoms with Crippen molar-refractivity contribution in [2.24, 2.45) is 0 Å². The van der Waals surface area contributed by atoms with Crippen molar-refractivity contribution in [1.82, 2.24) is 0 Å². The summed E-state index contributed by atoms with van der Waals surface area (Å²) in [7, 11) is -0.221. The highest BCUT2D eigenvalue weighted by atomic mass is 33.7. The minimum atomic E-state index is -2.71. The van der Waals surface area contributed by atoms with E-state index in [2.05, 4.69) is 24.5 Å². The molecule has 0 saturated heterocycles. The van der Waals surface area contributed by atoms with Gasteiger partial charge >= 0.3 is 0 Å². The zero-order chi connectivity index (χ0) is 13.0. The van der Waals surface area contributed by atoms with Gasteiger partial charge in [-0.05, 0) is 22.8 Å². The van der Waals surface area contributed by atoms with Crippen LogP contribution in [0.15, 0.2) is 0 Å². The van der Waals surface area contributed by atoms with E-state index in [9.17, 15) is 4.89 Å². The first-order valence-corrected chi connectivity index (χ1v) is 17.4. The minimum absolute atomic E-state index is 0.0434. The van der Waals surface area contributed by atoms with Crippen LogP contribution in [0.3, 0.4) is 0 Å². The standard InChI is InChI=1S/C2H11BO3P3S7/c3-7(10,6-2-1-4)15-9(13,14)16-8(5,11)12/h4H,1-2H2,3H3,(H,13,14)(H2,5,11,12)/q-1. The van der Waals surface area contributed by atoms with Gasteiger partial charge in [0.05, 0.1) is 6.61 Å². The van der Waals surface area contributed by atoms with E-state index in [0.717, 1.165) is 11.0 Å². The van der Waals surface area contributed by atoms with E-state index in [1.807, 2.05) is 0 Å². The second-order valence-corrected chi connectivity index (χ2v) is 29.9. The molecule has 3 nitrogen and oxygen atoms in total. The van der Waals surface area contributed by atoms with Gasteiger partial charge in [0.2, 0.25) is 0 Å². The van der Waals surface area contributed by atoms with Crippen LogP contribution in [0.1, 0.15) is 0 Å². The van der Waals surface area contributed by atoms with Gasteiger partial charge in [0.15, 0.2) is 4.67 Å². The number of hydrogen-bond acceptors (Lipinski definition) is 7. The van der Waals surface area contributed by atoms with Crippen LogP contribution >= 0.6 is 60.6 Å². The van der Waals surface area contributed by atoms with Crippen molar-refractivity contribution in [3.63, 3.8) is 0 Å². The third kappa shape index (κ3) is 11.3. The summed E-state index contributed by atoms with van der Waals surface area (Å²) in [6, 6.07) is 0. The lowest BCUT2D eigenvalue weighted by molar-refractivity contribution is 0.217. The molecule has 3 atom stereocenters. The van der Waals surface area contributed by atoms with Gasteiger partial charge in [-0.15, -0.1) is 24.5 Å². The highest BCUT2D eigenvalue weighted by Crippen LogP contribution is 2.94. The Hall–Kier alpha value is 3.42. The Balaban J connectivity index is 4.46. The minimum Gasteiger partial charge on any atom is -0.562 e. The zero-order valence-electron chi connectivity index (χ0n) is 6.99. The lowest BCUT2D eigenvalue weighted by Gasteiger charge is -2.34. The third-order valence-corrected chi connectivity index (χ3v) is 28.3. The topological polar surface area (TPSA) is 49.7 Å². The molecule has 0 heterocycles. The number of aliphatic hydroxyl groups is 1. The SMILES string of the molecule is [BH3-][P+]([S-])(OCCO)SP(=S)(S)SP(O)(=S)S. The lowest BCUT2D eigenvalue weighted by atomic mass is 10.8. The molecule has 14 heteroatoms. The summed E-state index contributed by atoms with van der Waals surface area (Å²) in [6.07, 6.45) is 0. The predicted octanol–water partition coefficient (Wildman–Crippen LogP) is 2.35. The summed E-state index contributed by atoms with van der Waals surface area (Å²) in [5, 5.41) is 8.67. The van der Waals surface area contributed by atoms with Gasteiger partial charge in [-0.1, -0.05) is 17.6 Å². The first-order chi connectivity index (χ1) is 6.97. The molecule has 16 heavy (non-hydrogen) atoms. The van der Waals surface area contributed by atoms with Gasteiger partial charge in [0.1, 0.15) is 17.8 Å². The zero-order valence-corrected chi connectivity index (χ0v) is 15.5. The van der Waals surface area contributed by atoms with Gasteiger partial charge < -0.3 is 22.2 Å². The number of rotatable bonds is 7. The maximum absolute atomic E-state index is 9.50. The molecule has 0 aromatic heterocycles. The third-order valence-electron chi connectivity index (χ3n) is 0.667. The van der Waals surface area contributed by atoms with Crippen molar-refractivity contribution in [2.75, 3.05) is 13.2 Å². The van der Waals surface area contributed by atoms with Gasteiger partial charge in [-0.3, -0.25) is 4.52 Å². The Kier molecular flexibility index (Phi) is 9.73. The van der Waals surface area contributed by atoms with Crippen molar-refractivity contribution >= 4 is 104 Å². The quantitative estimate of drug-likeness (QED) is 0.221. The maximum atomic E-state index is 9.50. The van der Waals surface area contributed by atoms with Crippen LogP contribution in [0.4, 0.5) is 0 Å². The highest BCUT2D eigenvalue weighted by Gasteiger charge is 2.29. The smallest absolute Gasteiger partial charge is 0.175 e. The van der Waals surface area contributed by atoms with Gasteiger partial charge in [-0.2, -0.15) is 0 Å². The van der Waals surface area contributed by atoms with E-state index < -0.39 is 14.1 Å². The molecular formula is C2H11BO3P3S7-. The fraction of sp³-hybridized carbons (Fsp3) is 1.00. The molecule has 2 N–H and O–H groups in total. The largest absolute Gasteiger partial charge is 0.562 e. The number of thiol groups is 2. The molecule has 0 spiro atoms. The molecular weight excluding hydrogens is 400 g/mol. The highest BCUT2D eigenvalue weighted by molar-refractivity contribution is 9.41. The summed E-state index contributed by atoms with van der Waals surface area (Å²) in [5.41, 5.74) is 0. The van der Waals surface area contributed by atoms with Crippen LogP contribution in [-0.4, -0.2) is 30.8 Å². The van der Waals surface area contributed by atoms with E-state index in [-0.39, 0.29) is 20.8 Å². The Bertz CT molecular complexity index is 318. The lowest BCUT2D eigenvalue weighted by Crippen LogP contribution is -1.97. The van der Waals surface area contributed by atoms with E-state index in [1.54, 1.807) is 0 Å². The van der Waals surface area contributed by atoms with Crippen molar-refractivity contribution in [3.8, 4) is 0 Å². The van der Waals surface area contributed by atoms with E-state index >= 15 is 0 Å². The van der Waals surface area contributed by atoms with Crippen LogP contribution in [-0.2, 0) is 40.4 Å². The van der Waals surface area contributed by atoms with E-state index in [1.165, 1.54) is 11.0 Å². The van der Waals surface area contributed by atoms with Gasteiger partial charge in [-0.25, -0.2) is 0 Å². The summed E-state index contributed by atoms with van der Waals surface area (Å²) in [6.45, 7) is 0.202. The molecule has 0 bridgehead atoms. The number of hydrogen-bond donors (Lipinski definition) is 4. The normalized spacial score (nSPS) is 23.1. The van der Waals surface area contributed by atoms with Gasteiger partial charge in [0, 0.05) is 11.0 Å². The monoisotopic (exact) mass is 411 g/mol. The van der Waals surface area contributed by atoms with Crippen LogP contribution < -0.4 is 0 Å². The summed E-state index contributed by atoms with van der Waals surface area (Å²) in [5.74, 6) is -1.90. The Morgan fingerprint density at radius 2 is 2.00 bits per heavy atom. The average Bonchev–Trinajstić information content (AvgIpc) is 1.93. The molecule has 0 aliphatic heterocycles. The second kappa shape index (κ2) is 8.01. The van der Waals surface area contributed by atoms with Crippen LogP contribution in [0, 0.1) is 0 Å². The molecule has 0 radical (unpaired) electrons. The molecule has 0 aliphatic rings. The van der Waals surface area contributed by atoms with E-state index in [0.29, 0.717) is 0 Å². The molecule has 98 valence electrons. The Morgan fingerprint density at radius 1 is 1.50 bits per heavy atom. The molecule has 0 aliphatic carbocycles. The van der Waals surface area contributed by atoms with Crippen molar-refractivity contribution in [3.05, 3.63) is 0 Å². The average molecular weight is 411 g/mol. The molecule has 3 unspecified atom stereocenters. The molecule has 0 aromatic rings. The summed E-state index contributed by atoms with van der Waals surface area (Å²) >= 11 is 26.2. The Morgan fingerprint density at radius 3 is 2.38 bits per heavy atom. The van der Waals surface area contributed by atoms with Crippen LogP contribution in [0.2, 0.25) is 0 Å². The fourth-order valence-corrected chi connectivity index (χ4v) is 43.9. The van der Waals surface area contributed by atoms with Gasteiger partial charge in [0.25, 0.3) is 0 Å². The first kappa shape index (κ1) is 19.4. The predicted molar refractivity (Wildman–Crippen MR) is 101 cm³/mol. The maximum Gasteiger partial charge on any atom is 0.175 e. The summed E-state index contributed by atoms with van der Waals surface area (Å²) < 4.78 is 0.542. The molecule has 0 amide bonds. The second-order valence-electron chi connectivity index (χ2n) is 1.90. The Labute approximate surface area is 130 Å². The van der Waals surface area contributed by atoms with Crippen LogP contribution in [0.5, 0.6) is 0 Å². The molecule has 0 saturated carbocycles. The summed E-state index contributed by atoms with van der Waals surface area (Å²) in [4.78, 5) is 9.50. The van der Waals surface area contributed by atoms with Crippen molar-refractivity contribution in [1.29, 1.82) is 0 Å². The first-order valence-electron chi connectivity index (χ1n) is 3.17.